The minimum Gasteiger partial charge on any atom is -0.344 e. The predicted molar refractivity (Wildman–Crippen MR) is 97.8 cm³/mol. The second-order valence-corrected chi connectivity index (χ2v) is 9.69. The molecule has 1 aliphatic rings. The largest absolute Gasteiger partial charge is 0.344 e. The first-order valence-electron chi connectivity index (χ1n) is 7.76. The van der Waals surface area contributed by atoms with Gasteiger partial charge in [-0.3, -0.25) is 4.79 Å². The number of rotatable bonds is 5. The standard InChI is InChI=1S/C16H20N2O3S3/c1-24(20,21)18-7-4-12(5-8-18)16(19)17-15(13-6-10-22-11-13)14-3-2-9-23-14/h2-3,6,9-12,15H,4-5,7-8H2,1H3,(H,17,19). The molecular formula is C16H20N2O3S3. The second kappa shape index (κ2) is 7.35. The van der Waals surface area contributed by atoms with E-state index in [9.17, 15) is 13.2 Å². The molecule has 1 unspecified atom stereocenters. The van der Waals surface area contributed by atoms with E-state index in [1.54, 1.807) is 22.7 Å². The molecule has 5 nitrogen and oxygen atoms in total. The Morgan fingerprint density at radius 1 is 1.29 bits per heavy atom. The van der Waals surface area contributed by atoms with Gasteiger partial charge in [-0.25, -0.2) is 12.7 Å². The first kappa shape index (κ1) is 17.6. The molecule has 24 heavy (non-hydrogen) atoms. The molecule has 2 aromatic heterocycles. The van der Waals surface area contributed by atoms with Crippen LogP contribution in [0.4, 0.5) is 0 Å². The highest BCUT2D eigenvalue weighted by Crippen LogP contribution is 2.29. The summed E-state index contributed by atoms with van der Waals surface area (Å²) in [6.07, 6.45) is 2.36. The lowest BCUT2D eigenvalue weighted by molar-refractivity contribution is -0.126. The van der Waals surface area contributed by atoms with Gasteiger partial charge in [-0.05, 0) is 46.7 Å². The normalized spacial score (nSPS) is 18.4. The Balaban J connectivity index is 1.67. The second-order valence-electron chi connectivity index (χ2n) is 5.95. The van der Waals surface area contributed by atoms with E-state index in [4.69, 9.17) is 0 Å². The van der Waals surface area contributed by atoms with E-state index in [0.717, 1.165) is 10.4 Å². The molecule has 8 heteroatoms. The number of thiophene rings is 2. The highest BCUT2D eigenvalue weighted by molar-refractivity contribution is 7.88. The first-order chi connectivity index (χ1) is 11.4. The third-order valence-electron chi connectivity index (χ3n) is 4.28. The average molecular weight is 385 g/mol. The molecule has 1 N–H and O–H groups in total. The molecule has 1 amide bonds. The Labute approximate surface area is 150 Å². The number of amides is 1. The number of hydrogen-bond donors (Lipinski definition) is 1. The predicted octanol–water partition coefficient (Wildman–Crippen LogP) is 2.69. The Morgan fingerprint density at radius 2 is 2.04 bits per heavy atom. The Hall–Kier alpha value is -1.22. The maximum atomic E-state index is 12.7. The van der Waals surface area contributed by atoms with E-state index in [1.807, 2.05) is 29.0 Å². The smallest absolute Gasteiger partial charge is 0.223 e. The van der Waals surface area contributed by atoms with Crippen LogP contribution < -0.4 is 5.32 Å². The number of carbonyl (C=O) groups excluding carboxylic acids is 1. The van der Waals surface area contributed by atoms with E-state index in [-0.39, 0.29) is 17.9 Å². The third-order valence-corrected chi connectivity index (χ3v) is 7.23. The molecule has 0 bridgehead atoms. The highest BCUT2D eigenvalue weighted by atomic mass is 32.2. The van der Waals surface area contributed by atoms with Crippen LogP contribution >= 0.6 is 22.7 Å². The van der Waals surface area contributed by atoms with Crippen molar-refractivity contribution in [3.05, 3.63) is 44.8 Å². The van der Waals surface area contributed by atoms with Crippen LogP contribution in [0.2, 0.25) is 0 Å². The van der Waals surface area contributed by atoms with Crippen LogP contribution in [0.3, 0.4) is 0 Å². The zero-order valence-corrected chi connectivity index (χ0v) is 15.8. The van der Waals surface area contributed by atoms with Crippen molar-refractivity contribution >= 4 is 38.6 Å². The van der Waals surface area contributed by atoms with Gasteiger partial charge < -0.3 is 5.32 Å². The number of nitrogens with zero attached hydrogens (tertiary/aromatic N) is 1. The van der Waals surface area contributed by atoms with Crippen molar-refractivity contribution in [2.45, 2.75) is 18.9 Å². The number of hydrogen-bond acceptors (Lipinski definition) is 5. The van der Waals surface area contributed by atoms with Crippen LogP contribution in [0.5, 0.6) is 0 Å². The summed E-state index contributed by atoms with van der Waals surface area (Å²) in [6.45, 7) is 0.831. The van der Waals surface area contributed by atoms with Crippen molar-refractivity contribution in [3.8, 4) is 0 Å². The van der Waals surface area contributed by atoms with Crippen LogP contribution in [0, 0.1) is 5.92 Å². The highest BCUT2D eigenvalue weighted by Gasteiger charge is 2.30. The van der Waals surface area contributed by atoms with Crippen LogP contribution in [0.25, 0.3) is 0 Å². The molecule has 1 fully saturated rings. The van der Waals surface area contributed by atoms with Gasteiger partial charge in [-0.2, -0.15) is 11.3 Å². The summed E-state index contributed by atoms with van der Waals surface area (Å²) in [7, 11) is -3.16. The van der Waals surface area contributed by atoms with Gasteiger partial charge in [0.2, 0.25) is 15.9 Å². The Kier molecular flexibility index (Phi) is 5.39. The monoisotopic (exact) mass is 384 g/mol. The van der Waals surface area contributed by atoms with Gasteiger partial charge in [0, 0.05) is 23.9 Å². The average Bonchev–Trinajstić information content (AvgIpc) is 3.25. The van der Waals surface area contributed by atoms with Crippen molar-refractivity contribution in [3.63, 3.8) is 0 Å². The lowest BCUT2D eigenvalue weighted by Gasteiger charge is -2.30. The molecule has 1 atom stereocenters. The van der Waals surface area contributed by atoms with E-state index in [2.05, 4.69) is 10.7 Å². The summed E-state index contributed by atoms with van der Waals surface area (Å²) in [4.78, 5) is 13.8. The zero-order chi connectivity index (χ0) is 17.2. The minimum atomic E-state index is -3.16. The topological polar surface area (TPSA) is 66.5 Å². The van der Waals surface area contributed by atoms with Crippen molar-refractivity contribution in [2.24, 2.45) is 5.92 Å². The van der Waals surface area contributed by atoms with Gasteiger partial charge in [-0.15, -0.1) is 11.3 Å². The molecule has 3 rings (SSSR count). The van der Waals surface area contributed by atoms with E-state index < -0.39 is 10.0 Å². The number of nitrogens with one attached hydrogen (secondary N) is 1. The van der Waals surface area contributed by atoms with E-state index >= 15 is 0 Å². The number of carbonyl (C=O) groups is 1. The molecule has 3 heterocycles. The molecule has 0 radical (unpaired) electrons. The van der Waals surface area contributed by atoms with Crippen LogP contribution in [-0.2, 0) is 14.8 Å². The lowest BCUT2D eigenvalue weighted by Crippen LogP contribution is -2.43. The van der Waals surface area contributed by atoms with Crippen molar-refractivity contribution in [2.75, 3.05) is 19.3 Å². The Bertz CT molecular complexity index is 727. The fraction of sp³-hybridized carbons (Fsp3) is 0.438. The summed E-state index contributed by atoms with van der Waals surface area (Å²) in [6, 6.07) is 5.91. The summed E-state index contributed by atoms with van der Waals surface area (Å²) >= 11 is 3.23. The molecule has 1 aliphatic heterocycles. The fourth-order valence-electron chi connectivity index (χ4n) is 2.92. The molecule has 0 aliphatic carbocycles. The van der Waals surface area contributed by atoms with Crippen LogP contribution in [-0.4, -0.2) is 38.0 Å². The van der Waals surface area contributed by atoms with Crippen molar-refractivity contribution in [1.29, 1.82) is 0 Å². The number of piperidine rings is 1. The van der Waals surface area contributed by atoms with Crippen LogP contribution in [0.1, 0.15) is 29.3 Å². The lowest BCUT2D eigenvalue weighted by atomic mass is 9.96. The molecule has 0 aromatic carbocycles. The summed E-state index contributed by atoms with van der Waals surface area (Å²) < 4.78 is 24.6. The van der Waals surface area contributed by atoms with Gasteiger partial charge >= 0.3 is 0 Å². The molecule has 1 saturated heterocycles. The van der Waals surface area contributed by atoms with E-state index in [1.165, 1.54) is 10.6 Å². The van der Waals surface area contributed by atoms with Gasteiger partial charge in [0.25, 0.3) is 0 Å². The molecule has 130 valence electrons. The zero-order valence-electron chi connectivity index (χ0n) is 13.3. The summed E-state index contributed by atoms with van der Waals surface area (Å²) in [5, 5.41) is 9.22. The van der Waals surface area contributed by atoms with Gasteiger partial charge in [0.1, 0.15) is 0 Å². The third kappa shape index (κ3) is 4.05. The quantitative estimate of drug-likeness (QED) is 0.862. The summed E-state index contributed by atoms with van der Waals surface area (Å²) in [5.41, 5.74) is 1.09. The van der Waals surface area contributed by atoms with E-state index in [0.29, 0.717) is 25.9 Å². The fourth-order valence-corrected chi connectivity index (χ4v) is 5.29. The van der Waals surface area contributed by atoms with Gasteiger partial charge in [-0.1, -0.05) is 6.07 Å². The Morgan fingerprint density at radius 3 is 2.58 bits per heavy atom. The van der Waals surface area contributed by atoms with Gasteiger partial charge in [0.15, 0.2) is 0 Å². The number of sulfonamides is 1. The SMILES string of the molecule is CS(=O)(=O)N1CCC(C(=O)NC(c2ccsc2)c2cccs2)CC1. The van der Waals surface area contributed by atoms with Gasteiger partial charge in [0.05, 0.1) is 12.3 Å². The van der Waals surface area contributed by atoms with Crippen molar-refractivity contribution in [1.82, 2.24) is 9.62 Å². The van der Waals surface area contributed by atoms with Crippen LogP contribution in [0.15, 0.2) is 34.3 Å². The first-order valence-corrected chi connectivity index (χ1v) is 11.4. The maximum Gasteiger partial charge on any atom is 0.223 e. The molecule has 0 saturated carbocycles. The van der Waals surface area contributed by atoms with Crippen molar-refractivity contribution < 1.29 is 13.2 Å². The maximum absolute atomic E-state index is 12.7. The minimum absolute atomic E-state index is 0.00718. The molecule has 0 spiro atoms. The molecular weight excluding hydrogens is 364 g/mol. The summed E-state index contributed by atoms with van der Waals surface area (Å²) in [5.74, 6) is -0.128. The molecule has 2 aromatic rings.